The number of aliphatic carboxylic acids is 1. The van der Waals surface area contributed by atoms with Gasteiger partial charge in [0.25, 0.3) is 0 Å². The van der Waals surface area contributed by atoms with E-state index in [1.165, 1.54) is 135 Å². The number of ether oxygens (including phenoxy) is 1. The van der Waals surface area contributed by atoms with E-state index in [0.29, 0.717) is 159 Å². The second-order valence-corrected chi connectivity index (χ2v) is 36.8. The number of nitrogens with zero attached hydrogens (tertiary/aromatic N) is 1. The fourth-order valence-electron chi connectivity index (χ4n) is 27.0. The Morgan fingerprint density at radius 2 is 0.859 bits per heavy atom. The maximum atomic E-state index is 13.7. The highest BCUT2D eigenvalue weighted by Crippen LogP contribution is 2.72. The standard InChI is InChI=1S/C33H48O3.C25H39NO2.C25H40O3/c1-22-15-17-32(3)25(19-22)20-29(34)31-27-14-13-26(33(27,4)18-16-28(31)32)23(2)9-8-12-30(35)36-21-24-10-6-5-7-11-24;1-16-7-10-24(3)18(13-16)14-22(28)23-20-6-5-19(17(2)9-12-26-15-27)25(20,4)11-8-21(23)24;1-15-9-11-24(3)17(13-15)14-21(26)23-19-7-6-18(16(2)5-8-22(27)28)25(19,4)12-10-20(23)24/h5-7,10-11,22-23,25-28,31H,8-9,12-21H2,1-4H3;16-21,23H,5-14H2,1-4H3;15-20,23H,5-14H2,1-4H3,(H,27,28)/t22-,23-,25+,26-,27+,28+,31+,32+,33-;16-,17-,18+,19-,20+,21+,23+,24+,25-;15-,16-,17+,18-,19+,20+,23+,24+,25-/m111/s1. The molecule has 512 valence electrons. The number of ketones is 3. The third kappa shape index (κ3) is 13.0. The van der Waals surface area contributed by atoms with Crippen molar-refractivity contribution in [2.75, 3.05) is 6.54 Å². The summed E-state index contributed by atoms with van der Waals surface area (Å²) in [6.07, 6.45) is 35.4. The van der Waals surface area contributed by atoms with E-state index in [9.17, 15) is 28.8 Å². The van der Waals surface area contributed by atoms with E-state index >= 15 is 0 Å². The van der Waals surface area contributed by atoms with Gasteiger partial charge in [0.1, 0.15) is 24.0 Å². The molecule has 0 heterocycles. The predicted octanol–water partition coefficient (Wildman–Crippen LogP) is 19.8. The molecule has 9 heteroatoms. The fraction of sp³-hybridized carbons (Fsp3) is 0.855. The van der Waals surface area contributed by atoms with Gasteiger partial charge < -0.3 is 9.84 Å². The van der Waals surface area contributed by atoms with Gasteiger partial charge in [0.2, 0.25) is 6.08 Å². The second kappa shape index (κ2) is 27.8. The molecule has 0 unspecified atom stereocenters. The number of benzene rings is 1. The van der Waals surface area contributed by atoms with Crippen LogP contribution in [0.4, 0.5) is 0 Å². The Morgan fingerprint density at radius 3 is 1.24 bits per heavy atom. The molecule has 0 amide bonds. The summed E-state index contributed by atoms with van der Waals surface area (Å²) in [7, 11) is 0. The molecule has 0 radical (unpaired) electrons. The molecule has 0 aromatic heterocycles. The molecular formula is C83H127NO8. The van der Waals surface area contributed by atoms with Crippen molar-refractivity contribution < 1.29 is 38.6 Å². The van der Waals surface area contributed by atoms with Gasteiger partial charge in [0.05, 0.1) is 6.54 Å². The SMILES string of the molecule is C[C@@H]1CC[C@@]2(C)[C@H](CC(=O)[C@@H]3[C@@H]2CC[C@]2(C)[C@@H]([C@H](C)CCC(=O)O)CC[C@@H]32)C1.C[C@@H]1CC[C@@]2(C)[C@H](CC(=O)[C@@H]3[C@@H]2CC[C@]2(C)[C@@H]([C@H](C)CCCC(=O)OCc4ccccc4)CC[C@@H]32)C1.C[C@@H]1CC[C@@]2(C)[C@H](CC(=O)[C@@H]3[C@@H]2CC[C@]2(C)[C@@H]([C@H](C)CCN=C=O)CC[C@@H]32)C1. The van der Waals surface area contributed by atoms with Gasteiger partial charge in [0.15, 0.2) is 0 Å². The van der Waals surface area contributed by atoms with Gasteiger partial charge in [-0.05, 0) is 286 Å². The van der Waals surface area contributed by atoms with Crippen LogP contribution in [0.25, 0.3) is 0 Å². The first kappa shape index (κ1) is 69.9. The van der Waals surface area contributed by atoms with Crippen LogP contribution in [0.15, 0.2) is 35.3 Å². The number of carbonyl (C=O) groups excluding carboxylic acids is 5. The summed E-state index contributed by atoms with van der Waals surface area (Å²) >= 11 is 0. The zero-order valence-corrected chi connectivity index (χ0v) is 59.9. The minimum absolute atomic E-state index is 0.0838. The van der Waals surface area contributed by atoms with E-state index in [0.717, 1.165) is 68.3 Å². The highest BCUT2D eigenvalue weighted by Gasteiger charge is 2.66. The molecule has 0 bridgehead atoms. The number of Topliss-reactive ketones (excluding diaryl/α,β-unsaturated/α-hetero) is 3. The minimum Gasteiger partial charge on any atom is -0.481 e. The van der Waals surface area contributed by atoms with Crippen LogP contribution >= 0.6 is 0 Å². The fourth-order valence-corrected chi connectivity index (χ4v) is 27.0. The molecule has 12 aliphatic rings. The lowest BCUT2D eigenvalue weighted by Crippen LogP contribution is -2.57. The molecule has 12 aliphatic carbocycles. The van der Waals surface area contributed by atoms with Gasteiger partial charge in [-0.1, -0.05) is 133 Å². The Kier molecular flexibility index (Phi) is 21.1. The lowest BCUT2D eigenvalue weighted by molar-refractivity contribution is -0.158. The lowest BCUT2D eigenvalue weighted by atomic mass is 9.43. The molecule has 1 aromatic rings. The summed E-state index contributed by atoms with van der Waals surface area (Å²) < 4.78 is 5.49. The molecule has 13 rings (SSSR count). The van der Waals surface area contributed by atoms with Gasteiger partial charge in [-0.2, -0.15) is 0 Å². The van der Waals surface area contributed by atoms with Crippen LogP contribution in [0, 0.1) is 157 Å². The number of carboxylic acids is 1. The number of esters is 1. The third-order valence-corrected chi connectivity index (χ3v) is 32.3. The van der Waals surface area contributed by atoms with E-state index in [2.05, 4.69) is 88.1 Å². The quantitative estimate of drug-likeness (QED) is 0.104. The summed E-state index contributed by atoms with van der Waals surface area (Å²) in [6, 6.07) is 9.91. The summed E-state index contributed by atoms with van der Waals surface area (Å²) in [5, 5.41) is 9.10. The molecule has 0 saturated heterocycles. The van der Waals surface area contributed by atoms with Crippen molar-refractivity contribution in [3.63, 3.8) is 0 Å². The monoisotopic (exact) mass is 1270 g/mol. The highest BCUT2D eigenvalue weighted by atomic mass is 16.5. The topological polar surface area (TPSA) is 144 Å². The van der Waals surface area contributed by atoms with Crippen LogP contribution in [0.3, 0.4) is 0 Å². The van der Waals surface area contributed by atoms with E-state index in [1.54, 1.807) is 6.08 Å². The van der Waals surface area contributed by atoms with Gasteiger partial charge >= 0.3 is 11.9 Å². The van der Waals surface area contributed by atoms with Crippen LogP contribution in [0.1, 0.15) is 281 Å². The number of hydrogen-bond acceptors (Lipinski definition) is 8. The van der Waals surface area contributed by atoms with Crippen molar-refractivity contribution in [1.29, 1.82) is 0 Å². The number of aliphatic imine (C=N–C) groups is 1. The number of rotatable bonds is 15. The van der Waals surface area contributed by atoms with Crippen LogP contribution in [0.5, 0.6) is 0 Å². The number of fused-ring (bicyclic) bond motifs is 15. The van der Waals surface area contributed by atoms with E-state index in [1.807, 2.05) is 30.3 Å². The first-order valence-corrected chi connectivity index (χ1v) is 38.7. The Labute approximate surface area is 557 Å². The zero-order valence-electron chi connectivity index (χ0n) is 59.9. The Bertz CT molecular complexity index is 2740. The number of hydrogen-bond donors (Lipinski definition) is 1. The first-order chi connectivity index (χ1) is 43.7. The van der Waals surface area contributed by atoms with E-state index in [-0.39, 0.29) is 29.1 Å². The van der Waals surface area contributed by atoms with E-state index < -0.39 is 5.97 Å². The van der Waals surface area contributed by atoms with Gasteiger partial charge in [-0.25, -0.2) is 9.79 Å². The first-order valence-electron chi connectivity index (χ1n) is 38.7. The van der Waals surface area contributed by atoms with Crippen LogP contribution in [-0.2, 0) is 40.1 Å². The van der Waals surface area contributed by atoms with Crippen LogP contribution in [-0.4, -0.2) is 47.0 Å². The molecule has 12 fully saturated rings. The molecular weight excluding hydrogens is 1140 g/mol. The minimum atomic E-state index is -0.678. The lowest BCUT2D eigenvalue weighted by Gasteiger charge is -2.60. The number of isocyanates is 1. The number of carbonyl (C=O) groups is 5. The van der Waals surface area contributed by atoms with Crippen molar-refractivity contribution in [3.8, 4) is 0 Å². The molecule has 12 saturated carbocycles. The molecule has 0 spiro atoms. The summed E-state index contributed by atoms with van der Waals surface area (Å²) in [4.78, 5) is 78.1. The van der Waals surface area contributed by atoms with Crippen molar-refractivity contribution >= 4 is 35.4 Å². The van der Waals surface area contributed by atoms with E-state index in [4.69, 9.17) is 9.84 Å². The largest absolute Gasteiger partial charge is 0.481 e. The Hall–Kier alpha value is -3.45. The Morgan fingerprint density at radius 1 is 0.500 bits per heavy atom. The average molecular weight is 1270 g/mol. The summed E-state index contributed by atoms with van der Waals surface area (Å²) in [6.45, 7) is 30.2. The van der Waals surface area contributed by atoms with Gasteiger partial charge in [0, 0.05) is 49.9 Å². The molecule has 27 atom stereocenters. The Balaban J connectivity index is 0.000000143. The third-order valence-electron chi connectivity index (χ3n) is 32.3. The number of carboxylic acid groups (broad SMARTS) is 1. The van der Waals surface area contributed by atoms with Crippen molar-refractivity contribution in [3.05, 3.63) is 35.9 Å². The molecule has 0 aliphatic heterocycles. The maximum absolute atomic E-state index is 13.7. The zero-order chi connectivity index (χ0) is 65.9. The van der Waals surface area contributed by atoms with Crippen molar-refractivity contribution in [2.24, 2.45) is 162 Å². The summed E-state index contributed by atoms with van der Waals surface area (Å²) in [5.41, 5.74) is 3.02. The average Bonchev–Trinajstić information content (AvgIpc) is 1.27. The second-order valence-electron chi connectivity index (χ2n) is 36.8. The summed E-state index contributed by atoms with van der Waals surface area (Å²) in [5.74, 6) is 13.2. The van der Waals surface area contributed by atoms with Crippen molar-refractivity contribution in [1.82, 2.24) is 0 Å². The highest BCUT2D eigenvalue weighted by molar-refractivity contribution is 5.85. The molecule has 92 heavy (non-hydrogen) atoms. The molecule has 1 aromatic carbocycles. The normalized spacial score (nSPS) is 45.7. The molecule has 9 nitrogen and oxygen atoms in total. The van der Waals surface area contributed by atoms with Crippen molar-refractivity contribution in [2.45, 2.75) is 282 Å². The smallest absolute Gasteiger partial charge is 0.306 e. The van der Waals surface area contributed by atoms with Crippen LogP contribution in [0.2, 0.25) is 0 Å². The van der Waals surface area contributed by atoms with Gasteiger partial charge in [-0.3, -0.25) is 24.0 Å². The molecule has 1 N–H and O–H groups in total. The maximum Gasteiger partial charge on any atom is 0.306 e. The van der Waals surface area contributed by atoms with Gasteiger partial charge in [-0.15, -0.1) is 0 Å². The van der Waals surface area contributed by atoms with Crippen LogP contribution < -0.4 is 0 Å². The predicted molar refractivity (Wildman–Crippen MR) is 366 cm³/mol.